The van der Waals surface area contributed by atoms with E-state index in [0.29, 0.717) is 12.5 Å². The third kappa shape index (κ3) is 2.43. The molecule has 0 spiro atoms. The Bertz CT molecular complexity index is 412. The van der Waals surface area contributed by atoms with Crippen molar-refractivity contribution in [3.8, 4) is 0 Å². The molecule has 0 saturated heterocycles. The summed E-state index contributed by atoms with van der Waals surface area (Å²) in [6.07, 6.45) is 6.08. The molecule has 3 rings (SSSR count). The lowest BCUT2D eigenvalue weighted by molar-refractivity contribution is -0.152. The minimum absolute atomic E-state index is 0.0317. The number of carbonyl (C=O) groups excluding carboxylic acids is 1. The minimum atomic E-state index is 0.0317. The van der Waals surface area contributed by atoms with Gasteiger partial charge in [0.05, 0.1) is 5.92 Å². The van der Waals surface area contributed by atoms with Gasteiger partial charge in [0.15, 0.2) is 0 Å². The smallest absolute Gasteiger partial charge is 0.309 e. The zero-order valence-corrected chi connectivity index (χ0v) is 10.7. The molecule has 3 unspecified atom stereocenters. The molecule has 0 N–H and O–H groups in total. The van der Waals surface area contributed by atoms with E-state index in [1.807, 2.05) is 30.3 Å². The number of carbonyl (C=O) groups is 1. The van der Waals surface area contributed by atoms with E-state index in [1.54, 1.807) is 0 Å². The highest BCUT2D eigenvalue weighted by molar-refractivity contribution is 5.73. The Kier molecular flexibility index (Phi) is 3.35. The number of hydrogen-bond donors (Lipinski definition) is 0. The van der Waals surface area contributed by atoms with Crippen LogP contribution in [0.4, 0.5) is 0 Å². The standard InChI is InChI=1S/C16H20O2/c17-16(18-11-13-4-2-1-3-5-13)15-9-7-12-6-8-14(15)10-12/h1-5,12,14-15H,6-11H2. The van der Waals surface area contributed by atoms with Crippen LogP contribution in [0.5, 0.6) is 0 Å². The Balaban J connectivity index is 1.55. The van der Waals surface area contributed by atoms with E-state index in [0.717, 1.165) is 17.9 Å². The van der Waals surface area contributed by atoms with Crippen molar-refractivity contribution in [1.29, 1.82) is 0 Å². The van der Waals surface area contributed by atoms with Gasteiger partial charge < -0.3 is 4.74 Å². The monoisotopic (exact) mass is 244 g/mol. The summed E-state index contributed by atoms with van der Waals surface area (Å²) in [5.41, 5.74) is 1.07. The topological polar surface area (TPSA) is 26.3 Å². The van der Waals surface area contributed by atoms with Crippen LogP contribution in [-0.2, 0) is 16.1 Å². The highest BCUT2D eigenvalue weighted by Crippen LogP contribution is 2.45. The SMILES string of the molecule is O=C(OCc1ccccc1)C1CCC2CCC1C2. The fourth-order valence-electron chi connectivity index (χ4n) is 3.54. The lowest BCUT2D eigenvalue weighted by Crippen LogP contribution is -2.27. The van der Waals surface area contributed by atoms with Gasteiger partial charge in [0.25, 0.3) is 0 Å². The van der Waals surface area contributed by atoms with Gasteiger partial charge in [-0.1, -0.05) is 36.8 Å². The van der Waals surface area contributed by atoms with Crippen molar-refractivity contribution in [2.24, 2.45) is 17.8 Å². The minimum Gasteiger partial charge on any atom is -0.461 e. The molecule has 2 nitrogen and oxygen atoms in total. The zero-order valence-electron chi connectivity index (χ0n) is 10.7. The van der Waals surface area contributed by atoms with Crippen molar-refractivity contribution < 1.29 is 9.53 Å². The van der Waals surface area contributed by atoms with Crippen LogP contribution in [0, 0.1) is 17.8 Å². The number of hydrogen-bond acceptors (Lipinski definition) is 2. The largest absolute Gasteiger partial charge is 0.461 e. The van der Waals surface area contributed by atoms with Gasteiger partial charge in [0.1, 0.15) is 6.61 Å². The molecule has 3 atom stereocenters. The summed E-state index contributed by atoms with van der Waals surface area (Å²) < 4.78 is 5.48. The molecule has 2 bridgehead atoms. The number of esters is 1. The third-order valence-electron chi connectivity index (χ3n) is 4.56. The van der Waals surface area contributed by atoms with Gasteiger partial charge in [-0.25, -0.2) is 0 Å². The van der Waals surface area contributed by atoms with Crippen LogP contribution in [0.1, 0.15) is 37.7 Å². The summed E-state index contributed by atoms with van der Waals surface area (Å²) in [6, 6.07) is 9.93. The van der Waals surface area contributed by atoms with Gasteiger partial charge in [-0.05, 0) is 43.1 Å². The molecule has 2 aliphatic carbocycles. The second kappa shape index (κ2) is 5.13. The Labute approximate surface area is 108 Å². The van der Waals surface area contributed by atoms with Crippen molar-refractivity contribution in [3.63, 3.8) is 0 Å². The average Bonchev–Trinajstić information content (AvgIpc) is 2.79. The Hall–Kier alpha value is -1.31. The van der Waals surface area contributed by atoms with E-state index < -0.39 is 0 Å². The van der Waals surface area contributed by atoms with E-state index in [4.69, 9.17) is 4.74 Å². The lowest BCUT2D eigenvalue weighted by atomic mass is 9.80. The van der Waals surface area contributed by atoms with Crippen LogP contribution < -0.4 is 0 Å². The van der Waals surface area contributed by atoms with Crippen LogP contribution in [0.3, 0.4) is 0 Å². The van der Waals surface area contributed by atoms with Crippen molar-refractivity contribution in [3.05, 3.63) is 35.9 Å². The lowest BCUT2D eigenvalue weighted by Gasteiger charge is -2.26. The summed E-state index contributed by atoms with van der Waals surface area (Å²) in [4.78, 5) is 12.1. The quantitative estimate of drug-likeness (QED) is 0.760. The van der Waals surface area contributed by atoms with Gasteiger partial charge in [0.2, 0.25) is 0 Å². The van der Waals surface area contributed by atoms with E-state index in [1.165, 1.54) is 25.7 Å². The van der Waals surface area contributed by atoms with Gasteiger partial charge in [-0.2, -0.15) is 0 Å². The fourth-order valence-corrected chi connectivity index (χ4v) is 3.54. The molecule has 1 aromatic rings. The van der Waals surface area contributed by atoms with E-state index in [2.05, 4.69) is 0 Å². The Morgan fingerprint density at radius 1 is 1.11 bits per heavy atom. The predicted molar refractivity (Wildman–Crippen MR) is 69.8 cm³/mol. The van der Waals surface area contributed by atoms with Crippen molar-refractivity contribution in [2.45, 2.75) is 38.7 Å². The van der Waals surface area contributed by atoms with E-state index in [-0.39, 0.29) is 11.9 Å². The van der Waals surface area contributed by atoms with Gasteiger partial charge in [-0.15, -0.1) is 0 Å². The molecule has 2 fully saturated rings. The van der Waals surface area contributed by atoms with Crippen LogP contribution in [0.2, 0.25) is 0 Å². The molecule has 0 aromatic heterocycles. The first-order valence-corrected chi connectivity index (χ1v) is 7.03. The molecule has 0 amide bonds. The van der Waals surface area contributed by atoms with E-state index in [9.17, 15) is 4.79 Å². The number of benzene rings is 1. The second-order valence-corrected chi connectivity index (χ2v) is 5.72. The van der Waals surface area contributed by atoms with Crippen LogP contribution in [0.15, 0.2) is 30.3 Å². The molecule has 0 heterocycles. The molecule has 0 radical (unpaired) electrons. The number of rotatable bonds is 3. The maximum Gasteiger partial charge on any atom is 0.309 e. The highest BCUT2D eigenvalue weighted by Gasteiger charge is 2.39. The second-order valence-electron chi connectivity index (χ2n) is 5.72. The summed E-state index contributed by atoms with van der Waals surface area (Å²) in [7, 11) is 0. The number of ether oxygens (including phenoxy) is 1. The maximum atomic E-state index is 12.1. The van der Waals surface area contributed by atoms with Crippen molar-refractivity contribution in [1.82, 2.24) is 0 Å². The fraction of sp³-hybridized carbons (Fsp3) is 0.562. The highest BCUT2D eigenvalue weighted by atomic mass is 16.5. The van der Waals surface area contributed by atoms with Crippen LogP contribution in [0.25, 0.3) is 0 Å². The first-order chi connectivity index (χ1) is 8.83. The Morgan fingerprint density at radius 2 is 1.89 bits per heavy atom. The summed E-state index contributed by atoms with van der Waals surface area (Å²) in [5.74, 6) is 1.71. The molecule has 96 valence electrons. The summed E-state index contributed by atoms with van der Waals surface area (Å²) >= 11 is 0. The molecule has 2 heteroatoms. The first kappa shape index (κ1) is 11.8. The predicted octanol–water partition coefficient (Wildman–Crippen LogP) is 3.56. The third-order valence-corrected chi connectivity index (χ3v) is 4.56. The van der Waals surface area contributed by atoms with Crippen LogP contribution in [-0.4, -0.2) is 5.97 Å². The molecule has 18 heavy (non-hydrogen) atoms. The van der Waals surface area contributed by atoms with Gasteiger partial charge in [0, 0.05) is 0 Å². The molecular formula is C16H20O2. The van der Waals surface area contributed by atoms with Crippen molar-refractivity contribution in [2.75, 3.05) is 0 Å². The van der Waals surface area contributed by atoms with Gasteiger partial charge in [-0.3, -0.25) is 4.79 Å². The van der Waals surface area contributed by atoms with E-state index >= 15 is 0 Å². The average molecular weight is 244 g/mol. The zero-order chi connectivity index (χ0) is 12.4. The van der Waals surface area contributed by atoms with Crippen molar-refractivity contribution >= 4 is 5.97 Å². The van der Waals surface area contributed by atoms with Crippen LogP contribution >= 0.6 is 0 Å². The molecule has 0 aliphatic heterocycles. The molecule has 2 saturated carbocycles. The normalized spacial score (nSPS) is 30.1. The maximum absolute atomic E-state index is 12.1. The summed E-state index contributed by atoms with van der Waals surface area (Å²) in [5, 5.41) is 0. The Morgan fingerprint density at radius 3 is 2.72 bits per heavy atom. The first-order valence-electron chi connectivity index (χ1n) is 7.03. The molecule has 1 aromatic carbocycles. The van der Waals surface area contributed by atoms with Gasteiger partial charge >= 0.3 is 5.97 Å². The molecular weight excluding hydrogens is 224 g/mol. The molecule has 2 aliphatic rings. The number of fused-ring (bicyclic) bond motifs is 2. The summed E-state index contributed by atoms with van der Waals surface area (Å²) in [6.45, 7) is 0.423.